The maximum atomic E-state index is 13.9. The van der Waals surface area contributed by atoms with Crippen molar-refractivity contribution in [3.63, 3.8) is 0 Å². The fraction of sp³-hybridized carbons (Fsp3) is 0.697. The predicted molar refractivity (Wildman–Crippen MR) is 154 cm³/mol. The van der Waals surface area contributed by atoms with Gasteiger partial charge in [0.1, 0.15) is 17.6 Å². The third kappa shape index (κ3) is 5.60. The van der Waals surface area contributed by atoms with Crippen LogP contribution in [0.5, 0.6) is 0 Å². The van der Waals surface area contributed by atoms with E-state index in [1.807, 2.05) is 46.8 Å². The zero-order valence-corrected chi connectivity index (χ0v) is 25.5. The maximum Gasteiger partial charge on any atom is 0.316 e. The first-order valence-electron chi connectivity index (χ1n) is 15.3. The van der Waals surface area contributed by atoms with Crippen molar-refractivity contribution < 1.29 is 43.9 Å². The second-order valence-corrected chi connectivity index (χ2v) is 13.4. The van der Waals surface area contributed by atoms with Crippen LogP contribution in [0.3, 0.4) is 0 Å². The quantitative estimate of drug-likeness (QED) is 0.313. The van der Waals surface area contributed by atoms with Crippen molar-refractivity contribution in [2.75, 3.05) is 6.61 Å². The molecule has 4 aliphatic heterocycles. The molecule has 9 nitrogen and oxygen atoms in total. The summed E-state index contributed by atoms with van der Waals surface area (Å²) in [7, 11) is 0. The van der Waals surface area contributed by atoms with Gasteiger partial charge in [-0.05, 0) is 42.9 Å². The minimum Gasteiger partial charge on any atom is -0.462 e. The number of ketones is 1. The highest BCUT2D eigenvalue weighted by Gasteiger charge is 2.60. The molecule has 5 rings (SSSR count). The topological polar surface area (TPSA) is 132 Å². The first-order chi connectivity index (χ1) is 19.8. The van der Waals surface area contributed by atoms with Crippen LogP contribution in [-0.2, 0) is 28.5 Å². The van der Waals surface area contributed by atoms with Gasteiger partial charge in [0.25, 0.3) is 0 Å². The number of esters is 1. The van der Waals surface area contributed by atoms with Crippen LogP contribution in [0.4, 0.5) is 0 Å². The number of aliphatic hydroxyl groups excluding tert-OH is 2. The Labute approximate surface area is 248 Å². The highest BCUT2D eigenvalue weighted by molar-refractivity contribution is 6.03. The van der Waals surface area contributed by atoms with Crippen LogP contribution in [0.1, 0.15) is 67.2 Å². The lowest BCUT2D eigenvalue weighted by atomic mass is 9.71. The van der Waals surface area contributed by atoms with Crippen molar-refractivity contribution >= 4 is 11.8 Å². The van der Waals surface area contributed by atoms with E-state index < -0.39 is 53.8 Å². The molecule has 0 unspecified atom stereocenters. The van der Waals surface area contributed by atoms with Gasteiger partial charge in [0.15, 0.2) is 17.7 Å². The molecule has 0 amide bonds. The Bertz CT molecular complexity index is 1200. The monoisotopic (exact) mass is 586 g/mol. The standard InChI is InChI=1S/C33H46O9/c1-17(2)29-21(6)26(34)15-32(42-29)14-24-13-23(41-32)11-10-19(4)27(35)18(3)8-7-9-22-16-39-30-28(36)20(5)12-25(31(37)40-24)33(22,30)38/h7-10,12,17-18,21,23-27,29-30,34-35,38H,11,13-16H2,1-6H3/t18-,21-,23+,24-,25-,26-,27-,29+,30+,32-,33+/m0/s1. The van der Waals surface area contributed by atoms with Crippen LogP contribution in [0.2, 0.25) is 0 Å². The normalized spacial score (nSPS) is 44.8. The van der Waals surface area contributed by atoms with Gasteiger partial charge < -0.3 is 34.3 Å². The Hall–Kier alpha value is -2.14. The molecule has 1 aliphatic carbocycles. The molecular formula is C33H46O9. The highest BCUT2D eigenvalue weighted by Crippen LogP contribution is 2.47. The number of carbonyl (C=O) groups excluding carboxylic acids is 2. The third-order valence-electron chi connectivity index (χ3n) is 9.85. The van der Waals surface area contributed by atoms with E-state index in [2.05, 4.69) is 0 Å². The number of hydrogen-bond donors (Lipinski definition) is 3. The van der Waals surface area contributed by atoms with Crippen LogP contribution >= 0.6 is 0 Å². The van der Waals surface area contributed by atoms with Crippen LogP contribution in [-0.4, -0.2) is 81.7 Å². The van der Waals surface area contributed by atoms with E-state index >= 15 is 0 Å². The van der Waals surface area contributed by atoms with Gasteiger partial charge in [-0.1, -0.05) is 58.1 Å². The Morgan fingerprint density at radius 3 is 2.50 bits per heavy atom. The summed E-state index contributed by atoms with van der Waals surface area (Å²) in [6.45, 7) is 11.4. The molecule has 11 atom stereocenters. The molecule has 0 aromatic heterocycles. The first-order valence-corrected chi connectivity index (χ1v) is 15.3. The van der Waals surface area contributed by atoms with Crippen molar-refractivity contribution in [2.45, 2.75) is 115 Å². The van der Waals surface area contributed by atoms with Crippen molar-refractivity contribution in [3.8, 4) is 0 Å². The lowest BCUT2D eigenvalue weighted by Crippen LogP contribution is -2.59. The molecule has 0 radical (unpaired) electrons. The van der Waals surface area contributed by atoms with Gasteiger partial charge in [-0.2, -0.15) is 0 Å². The largest absolute Gasteiger partial charge is 0.462 e. The number of Topliss-reactive ketones (excluding diaryl/α,β-unsaturated/α-hetero) is 1. The van der Waals surface area contributed by atoms with Gasteiger partial charge in [0.05, 0.1) is 31.0 Å². The van der Waals surface area contributed by atoms with E-state index in [0.717, 1.165) is 5.57 Å². The average molecular weight is 587 g/mol. The number of rotatable bonds is 1. The molecule has 5 aliphatic rings. The number of fused-ring (bicyclic) bond motifs is 2. The zero-order valence-electron chi connectivity index (χ0n) is 25.5. The molecule has 1 spiro atoms. The number of ether oxygens (including phenoxy) is 4. The summed E-state index contributed by atoms with van der Waals surface area (Å²) >= 11 is 0. The SMILES string of the molecule is CC1=C[C@H]2C(=O)O[C@H]3C[C@@H](CC=C(C)[C@@H](O)[C@@H](C)C=CC=C4CO[C@H](C1=O)[C@@]42O)O[C@]1(C3)C[C@H](O)[C@H](C)[C@@H](C(C)C)O1. The Morgan fingerprint density at radius 1 is 1.05 bits per heavy atom. The van der Waals surface area contributed by atoms with E-state index in [0.29, 0.717) is 24.0 Å². The number of aliphatic hydroxyl groups is 3. The van der Waals surface area contributed by atoms with Crippen molar-refractivity contribution in [2.24, 2.45) is 23.7 Å². The second kappa shape index (κ2) is 11.7. The van der Waals surface area contributed by atoms with E-state index in [1.165, 1.54) is 6.08 Å². The lowest BCUT2D eigenvalue weighted by Gasteiger charge is -2.52. The summed E-state index contributed by atoms with van der Waals surface area (Å²) in [5.74, 6) is -3.54. The number of allylic oxidation sites excluding steroid dienone is 2. The summed E-state index contributed by atoms with van der Waals surface area (Å²) in [5, 5.41) is 34.1. The Morgan fingerprint density at radius 2 is 1.79 bits per heavy atom. The molecule has 0 aromatic rings. The third-order valence-corrected chi connectivity index (χ3v) is 9.85. The summed E-state index contributed by atoms with van der Waals surface area (Å²) < 4.78 is 25.1. The van der Waals surface area contributed by atoms with Crippen molar-refractivity contribution in [1.82, 2.24) is 0 Å². The summed E-state index contributed by atoms with van der Waals surface area (Å²) in [6.07, 6.45) is 6.03. The molecule has 9 heteroatoms. The smallest absolute Gasteiger partial charge is 0.316 e. The molecular weight excluding hydrogens is 540 g/mol. The van der Waals surface area contributed by atoms with E-state index in [9.17, 15) is 24.9 Å². The van der Waals surface area contributed by atoms with Gasteiger partial charge in [0, 0.05) is 31.1 Å². The molecule has 3 fully saturated rings. The Kier molecular flexibility index (Phi) is 8.75. The lowest BCUT2D eigenvalue weighted by molar-refractivity contribution is -0.353. The van der Waals surface area contributed by atoms with Gasteiger partial charge >= 0.3 is 5.97 Å². The van der Waals surface area contributed by atoms with E-state index in [1.54, 1.807) is 19.1 Å². The van der Waals surface area contributed by atoms with Gasteiger partial charge in [-0.15, -0.1) is 0 Å². The van der Waals surface area contributed by atoms with Gasteiger partial charge in [-0.25, -0.2) is 0 Å². The number of carbonyl (C=O) groups is 2. The van der Waals surface area contributed by atoms with Crippen LogP contribution < -0.4 is 0 Å². The van der Waals surface area contributed by atoms with Crippen LogP contribution in [0.15, 0.2) is 47.1 Å². The highest BCUT2D eigenvalue weighted by atomic mass is 16.7. The van der Waals surface area contributed by atoms with Crippen LogP contribution in [0, 0.1) is 23.7 Å². The maximum absolute atomic E-state index is 13.9. The number of hydrogen-bond acceptors (Lipinski definition) is 9. The van der Waals surface area contributed by atoms with Gasteiger partial charge in [0.2, 0.25) is 0 Å². The molecule has 232 valence electrons. The fourth-order valence-corrected chi connectivity index (χ4v) is 7.30. The molecule has 3 N–H and O–H groups in total. The minimum absolute atomic E-state index is 0.0129. The average Bonchev–Trinajstić information content (AvgIpc) is 3.27. The van der Waals surface area contributed by atoms with E-state index in [4.69, 9.17) is 18.9 Å². The molecule has 3 saturated heterocycles. The summed E-state index contributed by atoms with van der Waals surface area (Å²) in [6, 6.07) is 0. The van der Waals surface area contributed by atoms with Gasteiger partial charge in [-0.3, -0.25) is 9.59 Å². The molecule has 4 heterocycles. The van der Waals surface area contributed by atoms with E-state index in [-0.39, 0.29) is 49.1 Å². The molecule has 42 heavy (non-hydrogen) atoms. The zero-order chi connectivity index (χ0) is 30.6. The summed E-state index contributed by atoms with van der Waals surface area (Å²) in [5.41, 5.74) is -0.380. The molecule has 2 bridgehead atoms. The Balaban J connectivity index is 1.55. The molecule has 0 saturated carbocycles. The minimum atomic E-state index is -1.90. The predicted octanol–water partition coefficient (Wildman–Crippen LogP) is 3.32. The second-order valence-electron chi connectivity index (χ2n) is 13.4. The molecule has 0 aromatic carbocycles. The fourth-order valence-electron chi connectivity index (χ4n) is 7.30. The van der Waals surface area contributed by atoms with Crippen LogP contribution in [0.25, 0.3) is 0 Å². The summed E-state index contributed by atoms with van der Waals surface area (Å²) in [4.78, 5) is 26.9. The first kappa shape index (κ1) is 31.3. The van der Waals surface area contributed by atoms with Crippen molar-refractivity contribution in [3.05, 3.63) is 47.1 Å². The van der Waals surface area contributed by atoms with Crippen molar-refractivity contribution in [1.29, 1.82) is 0 Å².